The lowest BCUT2D eigenvalue weighted by atomic mass is 10.0. The summed E-state index contributed by atoms with van der Waals surface area (Å²) in [6.07, 6.45) is 0.361. The monoisotopic (exact) mass is 256 g/mol. The molecule has 0 aromatic heterocycles. The van der Waals surface area contributed by atoms with Crippen LogP contribution in [0.2, 0.25) is 5.02 Å². The van der Waals surface area contributed by atoms with Gasteiger partial charge in [-0.15, -0.1) is 12.4 Å². The molecule has 0 saturated carbocycles. The lowest BCUT2D eigenvalue weighted by Gasteiger charge is -2.13. The van der Waals surface area contributed by atoms with Crippen LogP contribution in [0.3, 0.4) is 0 Å². The van der Waals surface area contributed by atoms with E-state index in [1.807, 2.05) is 0 Å². The summed E-state index contributed by atoms with van der Waals surface area (Å²) in [7, 11) is 0. The molecule has 15 heavy (non-hydrogen) atoms. The number of nitrogens with two attached hydrogens (primary N) is 2. The Morgan fingerprint density at radius 2 is 1.80 bits per heavy atom. The van der Waals surface area contributed by atoms with Gasteiger partial charge in [-0.3, -0.25) is 0 Å². The standard InChI is InChI=1S/C9H11ClF2N2.ClH/c10-9-6(12)2-1-5(11)8(9)7(14)3-4-13;/h1-2,7H,3-4,13-14H2;1H/t7-;/m0./s1. The van der Waals surface area contributed by atoms with E-state index in [0.717, 1.165) is 12.1 Å². The van der Waals surface area contributed by atoms with E-state index in [2.05, 4.69) is 0 Å². The first-order chi connectivity index (χ1) is 6.57. The summed E-state index contributed by atoms with van der Waals surface area (Å²) in [4.78, 5) is 0. The van der Waals surface area contributed by atoms with E-state index < -0.39 is 17.7 Å². The minimum absolute atomic E-state index is 0. The van der Waals surface area contributed by atoms with E-state index in [9.17, 15) is 8.78 Å². The van der Waals surface area contributed by atoms with Crippen molar-refractivity contribution in [2.24, 2.45) is 11.5 Å². The summed E-state index contributed by atoms with van der Waals surface area (Å²) in [5.74, 6) is -1.27. The number of hydrogen-bond donors (Lipinski definition) is 2. The first-order valence-corrected chi connectivity index (χ1v) is 4.54. The highest BCUT2D eigenvalue weighted by Crippen LogP contribution is 2.28. The maximum absolute atomic E-state index is 13.2. The fourth-order valence-electron chi connectivity index (χ4n) is 1.21. The third-order valence-corrected chi connectivity index (χ3v) is 2.31. The average Bonchev–Trinajstić information content (AvgIpc) is 2.13. The van der Waals surface area contributed by atoms with Gasteiger partial charge in [0.2, 0.25) is 0 Å². The quantitative estimate of drug-likeness (QED) is 0.817. The Morgan fingerprint density at radius 3 is 2.33 bits per heavy atom. The molecule has 0 spiro atoms. The van der Waals surface area contributed by atoms with Gasteiger partial charge in [0.15, 0.2) is 0 Å². The fraction of sp³-hybridized carbons (Fsp3) is 0.333. The topological polar surface area (TPSA) is 52.0 Å². The molecule has 4 N–H and O–H groups in total. The van der Waals surface area contributed by atoms with Gasteiger partial charge in [-0.05, 0) is 25.1 Å². The van der Waals surface area contributed by atoms with Crippen molar-refractivity contribution in [1.82, 2.24) is 0 Å². The zero-order valence-electron chi connectivity index (χ0n) is 7.84. The van der Waals surface area contributed by atoms with Crippen LogP contribution in [-0.4, -0.2) is 6.54 Å². The molecule has 0 fully saturated rings. The van der Waals surface area contributed by atoms with Gasteiger partial charge in [-0.25, -0.2) is 8.78 Å². The molecule has 0 saturated heterocycles. The van der Waals surface area contributed by atoms with Crippen LogP contribution in [-0.2, 0) is 0 Å². The summed E-state index contributed by atoms with van der Waals surface area (Å²) < 4.78 is 26.2. The first kappa shape index (κ1) is 14.6. The second-order valence-electron chi connectivity index (χ2n) is 2.94. The zero-order valence-corrected chi connectivity index (χ0v) is 9.42. The molecule has 0 bridgehead atoms. The van der Waals surface area contributed by atoms with E-state index in [4.69, 9.17) is 23.1 Å². The van der Waals surface area contributed by atoms with Crippen LogP contribution >= 0.6 is 24.0 Å². The Labute approximate surface area is 98.0 Å². The van der Waals surface area contributed by atoms with Crippen molar-refractivity contribution in [3.8, 4) is 0 Å². The maximum atomic E-state index is 13.2. The lowest BCUT2D eigenvalue weighted by Crippen LogP contribution is -2.17. The molecule has 6 heteroatoms. The number of halogens is 4. The maximum Gasteiger partial charge on any atom is 0.142 e. The zero-order chi connectivity index (χ0) is 10.7. The molecule has 0 radical (unpaired) electrons. The van der Waals surface area contributed by atoms with E-state index in [1.54, 1.807) is 0 Å². The van der Waals surface area contributed by atoms with Crippen molar-refractivity contribution >= 4 is 24.0 Å². The minimum Gasteiger partial charge on any atom is -0.330 e. The normalized spacial score (nSPS) is 12.1. The largest absolute Gasteiger partial charge is 0.330 e. The van der Waals surface area contributed by atoms with Gasteiger partial charge >= 0.3 is 0 Å². The van der Waals surface area contributed by atoms with Crippen LogP contribution in [0.1, 0.15) is 18.0 Å². The molecule has 1 rings (SSSR count). The molecule has 86 valence electrons. The van der Waals surface area contributed by atoms with Crippen molar-refractivity contribution in [2.75, 3.05) is 6.54 Å². The molecule has 0 amide bonds. The van der Waals surface area contributed by atoms with Crippen molar-refractivity contribution in [2.45, 2.75) is 12.5 Å². The number of hydrogen-bond acceptors (Lipinski definition) is 2. The van der Waals surface area contributed by atoms with E-state index in [1.165, 1.54) is 0 Å². The van der Waals surface area contributed by atoms with Crippen LogP contribution in [0.25, 0.3) is 0 Å². The van der Waals surface area contributed by atoms with E-state index in [-0.39, 0.29) is 23.0 Å². The summed E-state index contributed by atoms with van der Waals surface area (Å²) in [5.41, 5.74) is 10.9. The second-order valence-corrected chi connectivity index (χ2v) is 3.32. The fourth-order valence-corrected chi connectivity index (χ4v) is 1.50. The lowest BCUT2D eigenvalue weighted by molar-refractivity contribution is 0.551. The van der Waals surface area contributed by atoms with Crippen LogP contribution < -0.4 is 11.5 Å². The predicted octanol–water partition coefficient (Wildman–Crippen LogP) is 2.39. The SMILES string of the molecule is Cl.NCC[C@H](N)c1c(F)ccc(F)c1Cl. The predicted molar refractivity (Wildman–Crippen MR) is 59.2 cm³/mol. The van der Waals surface area contributed by atoms with Gasteiger partial charge in [0.1, 0.15) is 11.6 Å². The minimum atomic E-state index is -0.671. The van der Waals surface area contributed by atoms with Crippen LogP contribution in [0, 0.1) is 11.6 Å². The molecule has 0 heterocycles. The molecule has 0 aliphatic heterocycles. The Kier molecular flexibility index (Phi) is 6.05. The second kappa shape index (κ2) is 6.23. The molecule has 0 unspecified atom stereocenters. The molecule has 0 aliphatic carbocycles. The average molecular weight is 257 g/mol. The van der Waals surface area contributed by atoms with Gasteiger partial charge < -0.3 is 11.5 Å². The third-order valence-electron chi connectivity index (χ3n) is 1.93. The van der Waals surface area contributed by atoms with Gasteiger partial charge in [0, 0.05) is 11.6 Å². The highest BCUT2D eigenvalue weighted by atomic mass is 35.5. The van der Waals surface area contributed by atoms with Crippen LogP contribution in [0.5, 0.6) is 0 Å². The Balaban J connectivity index is 0.00000196. The molecule has 1 aromatic rings. The Hall–Kier alpha value is -0.420. The van der Waals surface area contributed by atoms with Crippen molar-refractivity contribution in [3.05, 3.63) is 34.4 Å². The highest BCUT2D eigenvalue weighted by Gasteiger charge is 2.17. The van der Waals surface area contributed by atoms with Gasteiger partial charge in [0.25, 0.3) is 0 Å². The van der Waals surface area contributed by atoms with Crippen molar-refractivity contribution in [1.29, 1.82) is 0 Å². The number of benzene rings is 1. The summed E-state index contributed by atoms with van der Waals surface area (Å²) in [6, 6.07) is 1.31. The molecule has 2 nitrogen and oxygen atoms in total. The van der Waals surface area contributed by atoms with Gasteiger partial charge in [0.05, 0.1) is 5.02 Å². The first-order valence-electron chi connectivity index (χ1n) is 4.17. The smallest absolute Gasteiger partial charge is 0.142 e. The molecule has 1 aromatic carbocycles. The molecule has 1 atom stereocenters. The summed E-state index contributed by atoms with van der Waals surface area (Å²) in [5, 5.41) is -0.258. The van der Waals surface area contributed by atoms with Gasteiger partial charge in [-0.1, -0.05) is 11.6 Å². The molecular formula is C9H12Cl2F2N2. The van der Waals surface area contributed by atoms with E-state index >= 15 is 0 Å². The third kappa shape index (κ3) is 3.28. The van der Waals surface area contributed by atoms with Gasteiger partial charge in [-0.2, -0.15) is 0 Å². The Bertz CT molecular complexity index is 334. The Morgan fingerprint density at radius 1 is 1.27 bits per heavy atom. The molecule has 0 aliphatic rings. The van der Waals surface area contributed by atoms with Crippen LogP contribution in [0.4, 0.5) is 8.78 Å². The summed E-state index contributed by atoms with van der Waals surface area (Å²) >= 11 is 5.59. The van der Waals surface area contributed by atoms with E-state index in [0.29, 0.717) is 13.0 Å². The molecular weight excluding hydrogens is 245 g/mol. The highest BCUT2D eigenvalue weighted by molar-refractivity contribution is 6.31. The van der Waals surface area contributed by atoms with Crippen LogP contribution in [0.15, 0.2) is 12.1 Å². The van der Waals surface area contributed by atoms with Crippen molar-refractivity contribution < 1.29 is 8.78 Å². The number of rotatable bonds is 3. The van der Waals surface area contributed by atoms with Crippen molar-refractivity contribution in [3.63, 3.8) is 0 Å². The summed E-state index contributed by atoms with van der Waals surface area (Å²) in [6.45, 7) is 0.299.